The fourth-order valence-electron chi connectivity index (χ4n) is 1.01. The lowest BCUT2D eigenvalue weighted by Crippen LogP contribution is -1.93. The molecule has 0 aliphatic heterocycles. The highest BCUT2D eigenvalue weighted by Gasteiger charge is 1.87. The topological polar surface area (TPSA) is 26.0 Å². The third kappa shape index (κ3) is 5.78. The van der Waals surface area contributed by atoms with E-state index in [4.69, 9.17) is 5.73 Å². The number of rotatable bonds is 4. The molecule has 0 fully saturated rings. The second-order valence-electron chi connectivity index (χ2n) is 2.93. The first-order valence-electron chi connectivity index (χ1n) is 4.46. The molecule has 2 N–H and O–H groups in total. The lowest BCUT2D eigenvalue weighted by molar-refractivity contribution is 0.903. The van der Waals surface area contributed by atoms with E-state index in [2.05, 4.69) is 13.8 Å². The molecular formula is C11H19N. The average molecular weight is 165 g/mol. The van der Waals surface area contributed by atoms with Crippen LogP contribution in [0.4, 0.5) is 0 Å². The molecule has 1 heteroatoms. The SMILES string of the molecule is C/C=C/C=C(N)\C=C(/C)CCC. The van der Waals surface area contributed by atoms with Crippen LogP contribution in [0.15, 0.2) is 35.6 Å². The molecule has 0 aromatic heterocycles. The minimum Gasteiger partial charge on any atom is -0.399 e. The van der Waals surface area contributed by atoms with Crippen molar-refractivity contribution in [1.82, 2.24) is 0 Å². The first-order valence-corrected chi connectivity index (χ1v) is 4.46. The summed E-state index contributed by atoms with van der Waals surface area (Å²) in [5, 5.41) is 0. The van der Waals surface area contributed by atoms with Gasteiger partial charge in [0.05, 0.1) is 0 Å². The molecule has 0 bridgehead atoms. The molecule has 0 amide bonds. The highest BCUT2D eigenvalue weighted by Crippen LogP contribution is 2.04. The van der Waals surface area contributed by atoms with E-state index in [0.29, 0.717) is 0 Å². The first kappa shape index (κ1) is 11.0. The molecule has 0 heterocycles. The van der Waals surface area contributed by atoms with Crippen molar-refractivity contribution in [3.63, 3.8) is 0 Å². The maximum atomic E-state index is 5.72. The Morgan fingerprint density at radius 2 is 2.08 bits per heavy atom. The normalized spacial score (nSPS) is 14.2. The zero-order valence-electron chi connectivity index (χ0n) is 8.30. The zero-order chi connectivity index (χ0) is 9.40. The molecule has 68 valence electrons. The van der Waals surface area contributed by atoms with Crippen LogP contribution in [0.2, 0.25) is 0 Å². The zero-order valence-corrected chi connectivity index (χ0v) is 8.30. The molecule has 0 aromatic carbocycles. The number of nitrogens with two attached hydrogens (primary N) is 1. The Morgan fingerprint density at radius 1 is 1.42 bits per heavy atom. The third-order valence-electron chi connectivity index (χ3n) is 1.54. The van der Waals surface area contributed by atoms with Crippen molar-refractivity contribution < 1.29 is 0 Å². The van der Waals surface area contributed by atoms with Gasteiger partial charge in [0.15, 0.2) is 0 Å². The van der Waals surface area contributed by atoms with Crippen molar-refractivity contribution in [3.05, 3.63) is 35.6 Å². The Bertz CT molecular complexity index is 197. The van der Waals surface area contributed by atoms with Crippen LogP contribution in [0.5, 0.6) is 0 Å². The van der Waals surface area contributed by atoms with E-state index in [9.17, 15) is 0 Å². The summed E-state index contributed by atoms with van der Waals surface area (Å²) in [5.74, 6) is 0. The minimum absolute atomic E-state index is 0.832. The lowest BCUT2D eigenvalue weighted by Gasteiger charge is -1.97. The van der Waals surface area contributed by atoms with Gasteiger partial charge in [0.2, 0.25) is 0 Å². The maximum absolute atomic E-state index is 5.72. The maximum Gasteiger partial charge on any atom is 0.0313 e. The molecule has 0 unspecified atom stereocenters. The van der Waals surface area contributed by atoms with Gasteiger partial charge < -0.3 is 5.73 Å². The van der Waals surface area contributed by atoms with E-state index in [1.807, 2.05) is 31.2 Å². The molecule has 0 aromatic rings. The van der Waals surface area contributed by atoms with Crippen LogP contribution in [-0.4, -0.2) is 0 Å². The Morgan fingerprint density at radius 3 is 2.58 bits per heavy atom. The Labute approximate surface area is 75.7 Å². The van der Waals surface area contributed by atoms with Gasteiger partial charge in [0, 0.05) is 5.70 Å². The predicted molar refractivity (Wildman–Crippen MR) is 55.7 cm³/mol. The summed E-state index contributed by atoms with van der Waals surface area (Å²) in [6, 6.07) is 0. The lowest BCUT2D eigenvalue weighted by atomic mass is 10.1. The summed E-state index contributed by atoms with van der Waals surface area (Å²) in [7, 11) is 0. The van der Waals surface area contributed by atoms with Crippen molar-refractivity contribution in [2.75, 3.05) is 0 Å². The third-order valence-corrected chi connectivity index (χ3v) is 1.54. The Balaban J connectivity index is 4.12. The van der Waals surface area contributed by atoms with Gasteiger partial charge in [-0.1, -0.05) is 31.1 Å². The van der Waals surface area contributed by atoms with E-state index in [1.165, 1.54) is 12.0 Å². The van der Waals surface area contributed by atoms with Gasteiger partial charge in [0.25, 0.3) is 0 Å². The van der Waals surface area contributed by atoms with Crippen LogP contribution in [0, 0.1) is 0 Å². The van der Waals surface area contributed by atoms with Crippen molar-refractivity contribution in [2.24, 2.45) is 5.73 Å². The largest absolute Gasteiger partial charge is 0.399 e. The fraction of sp³-hybridized carbons (Fsp3) is 0.455. The summed E-state index contributed by atoms with van der Waals surface area (Å²) < 4.78 is 0. The summed E-state index contributed by atoms with van der Waals surface area (Å²) in [5.41, 5.74) is 7.90. The van der Waals surface area contributed by atoms with Gasteiger partial charge in [0.1, 0.15) is 0 Å². The number of hydrogen-bond acceptors (Lipinski definition) is 1. The van der Waals surface area contributed by atoms with Crippen molar-refractivity contribution >= 4 is 0 Å². The van der Waals surface area contributed by atoms with Gasteiger partial charge in [-0.2, -0.15) is 0 Å². The molecule has 0 rings (SSSR count). The first-order chi connectivity index (χ1) is 5.70. The molecule has 0 saturated carbocycles. The van der Waals surface area contributed by atoms with E-state index in [-0.39, 0.29) is 0 Å². The summed E-state index contributed by atoms with van der Waals surface area (Å²) in [6.45, 7) is 6.26. The molecule has 0 radical (unpaired) electrons. The molecule has 0 spiro atoms. The van der Waals surface area contributed by atoms with Gasteiger partial charge >= 0.3 is 0 Å². The van der Waals surface area contributed by atoms with E-state index in [0.717, 1.165) is 12.1 Å². The van der Waals surface area contributed by atoms with Crippen LogP contribution in [0.3, 0.4) is 0 Å². The van der Waals surface area contributed by atoms with Crippen molar-refractivity contribution in [2.45, 2.75) is 33.6 Å². The quantitative estimate of drug-likeness (QED) is 0.636. The van der Waals surface area contributed by atoms with Crippen LogP contribution in [0.25, 0.3) is 0 Å². The van der Waals surface area contributed by atoms with Gasteiger partial charge in [-0.3, -0.25) is 0 Å². The highest BCUT2D eigenvalue weighted by atomic mass is 14.5. The fourth-order valence-corrected chi connectivity index (χ4v) is 1.01. The minimum atomic E-state index is 0.832. The molecule has 1 nitrogen and oxygen atoms in total. The predicted octanol–water partition coefficient (Wildman–Crippen LogP) is 3.15. The summed E-state index contributed by atoms with van der Waals surface area (Å²) in [4.78, 5) is 0. The number of allylic oxidation sites excluding steroid dienone is 5. The smallest absolute Gasteiger partial charge is 0.0313 e. The monoisotopic (exact) mass is 165 g/mol. The van der Waals surface area contributed by atoms with E-state index in [1.54, 1.807) is 0 Å². The summed E-state index contributed by atoms with van der Waals surface area (Å²) >= 11 is 0. The van der Waals surface area contributed by atoms with Crippen LogP contribution in [-0.2, 0) is 0 Å². The van der Waals surface area contributed by atoms with E-state index >= 15 is 0 Å². The molecule has 0 saturated heterocycles. The second-order valence-corrected chi connectivity index (χ2v) is 2.93. The van der Waals surface area contributed by atoms with Crippen LogP contribution >= 0.6 is 0 Å². The second kappa shape index (κ2) is 6.71. The van der Waals surface area contributed by atoms with Crippen molar-refractivity contribution in [1.29, 1.82) is 0 Å². The molecule has 0 aliphatic rings. The Kier molecular flexibility index (Phi) is 6.16. The molecule has 0 aliphatic carbocycles. The van der Waals surface area contributed by atoms with Crippen LogP contribution in [0.1, 0.15) is 33.6 Å². The molecular weight excluding hydrogens is 146 g/mol. The van der Waals surface area contributed by atoms with Crippen molar-refractivity contribution in [3.8, 4) is 0 Å². The summed E-state index contributed by atoms with van der Waals surface area (Å²) in [6.07, 6.45) is 10.2. The highest BCUT2D eigenvalue weighted by molar-refractivity contribution is 5.23. The van der Waals surface area contributed by atoms with Crippen LogP contribution < -0.4 is 5.73 Å². The standard InChI is InChI=1S/C11H19N/c1-4-6-8-11(12)9-10(3)7-5-2/h4,6,8-9H,5,7,12H2,1-3H3/b6-4+,10-9+,11-8+. The molecule has 0 atom stereocenters. The van der Waals surface area contributed by atoms with Gasteiger partial charge in [-0.25, -0.2) is 0 Å². The average Bonchev–Trinajstić information content (AvgIpc) is 2.01. The van der Waals surface area contributed by atoms with Gasteiger partial charge in [-0.15, -0.1) is 0 Å². The van der Waals surface area contributed by atoms with Gasteiger partial charge in [-0.05, 0) is 32.4 Å². The van der Waals surface area contributed by atoms with E-state index < -0.39 is 0 Å². The molecule has 12 heavy (non-hydrogen) atoms. The Hall–Kier alpha value is -0.980. The number of hydrogen-bond donors (Lipinski definition) is 1.